The number of hydrogen-bond acceptors (Lipinski definition) is 4. The molecular formula is C15H25N3S. The lowest BCUT2D eigenvalue weighted by Crippen LogP contribution is -2.24. The Labute approximate surface area is 120 Å². The third kappa shape index (κ3) is 3.29. The van der Waals surface area contributed by atoms with Crippen LogP contribution in [-0.4, -0.2) is 23.6 Å². The lowest BCUT2D eigenvalue weighted by Gasteiger charge is -2.18. The van der Waals surface area contributed by atoms with E-state index in [4.69, 9.17) is 4.98 Å². The van der Waals surface area contributed by atoms with Crippen molar-refractivity contribution >= 4 is 16.5 Å². The lowest BCUT2D eigenvalue weighted by molar-refractivity contribution is 0.686. The second kappa shape index (κ2) is 5.80. The van der Waals surface area contributed by atoms with Crippen LogP contribution in [0.25, 0.3) is 0 Å². The summed E-state index contributed by atoms with van der Waals surface area (Å²) in [5, 5.41) is 4.90. The Morgan fingerprint density at radius 1 is 1.26 bits per heavy atom. The Morgan fingerprint density at radius 3 is 2.63 bits per heavy atom. The van der Waals surface area contributed by atoms with Crippen molar-refractivity contribution in [2.45, 2.75) is 71.0 Å². The van der Waals surface area contributed by atoms with E-state index in [1.807, 2.05) is 11.3 Å². The van der Waals surface area contributed by atoms with Gasteiger partial charge in [-0.05, 0) is 39.0 Å². The lowest BCUT2D eigenvalue weighted by atomic mass is 10.2. The summed E-state index contributed by atoms with van der Waals surface area (Å²) < 4.78 is 0. The molecule has 0 saturated heterocycles. The summed E-state index contributed by atoms with van der Waals surface area (Å²) in [6.45, 7) is 6.62. The maximum Gasteiger partial charge on any atom is 0.186 e. The van der Waals surface area contributed by atoms with E-state index in [-0.39, 0.29) is 0 Å². The van der Waals surface area contributed by atoms with E-state index in [9.17, 15) is 0 Å². The molecule has 4 heteroatoms. The Kier molecular flexibility index (Phi) is 4.08. The smallest absolute Gasteiger partial charge is 0.186 e. The van der Waals surface area contributed by atoms with Gasteiger partial charge in [-0.2, -0.15) is 0 Å². The summed E-state index contributed by atoms with van der Waals surface area (Å²) in [7, 11) is 0. The number of nitrogens with zero attached hydrogens (tertiary/aromatic N) is 2. The van der Waals surface area contributed by atoms with Gasteiger partial charge in [0.1, 0.15) is 0 Å². The molecule has 1 aromatic heterocycles. The van der Waals surface area contributed by atoms with Gasteiger partial charge >= 0.3 is 0 Å². The first-order valence-electron chi connectivity index (χ1n) is 7.80. The Balaban J connectivity index is 1.73. The Hall–Kier alpha value is -0.610. The molecule has 1 aromatic rings. The topological polar surface area (TPSA) is 28.2 Å². The van der Waals surface area contributed by atoms with Crippen LogP contribution in [0.4, 0.5) is 5.13 Å². The zero-order valence-corrected chi connectivity index (χ0v) is 12.9. The van der Waals surface area contributed by atoms with Crippen molar-refractivity contribution in [2.24, 2.45) is 0 Å². The number of hydrogen-bond donors (Lipinski definition) is 1. The molecular weight excluding hydrogens is 254 g/mol. The van der Waals surface area contributed by atoms with Crippen LogP contribution in [-0.2, 0) is 13.0 Å². The molecule has 3 rings (SSSR count). The molecule has 106 valence electrons. The SMILES string of the molecule is CCCc1nc(N(CC)C2CC2)sc1CNC1CC1. The molecule has 2 saturated carbocycles. The van der Waals surface area contributed by atoms with E-state index in [2.05, 4.69) is 24.1 Å². The highest BCUT2D eigenvalue weighted by Gasteiger charge is 2.30. The van der Waals surface area contributed by atoms with Crippen LogP contribution in [0.5, 0.6) is 0 Å². The monoisotopic (exact) mass is 279 g/mol. The van der Waals surface area contributed by atoms with Crippen LogP contribution in [0.2, 0.25) is 0 Å². The van der Waals surface area contributed by atoms with Crippen molar-refractivity contribution in [2.75, 3.05) is 11.4 Å². The van der Waals surface area contributed by atoms with Crippen molar-refractivity contribution in [3.8, 4) is 0 Å². The highest BCUT2D eigenvalue weighted by atomic mass is 32.1. The summed E-state index contributed by atoms with van der Waals surface area (Å²) in [6, 6.07) is 1.56. The summed E-state index contributed by atoms with van der Waals surface area (Å²) in [5.74, 6) is 0. The molecule has 0 aliphatic heterocycles. The molecule has 0 atom stereocenters. The first-order valence-corrected chi connectivity index (χ1v) is 8.62. The van der Waals surface area contributed by atoms with E-state index in [1.54, 1.807) is 0 Å². The molecule has 19 heavy (non-hydrogen) atoms. The fraction of sp³-hybridized carbons (Fsp3) is 0.800. The number of nitrogens with one attached hydrogen (secondary N) is 1. The van der Waals surface area contributed by atoms with Crippen molar-refractivity contribution in [1.29, 1.82) is 0 Å². The zero-order valence-electron chi connectivity index (χ0n) is 12.1. The molecule has 0 aromatic carbocycles. The van der Waals surface area contributed by atoms with Gasteiger partial charge in [-0.1, -0.05) is 13.3 Å². The van der Waals surface area contributed by atoms with Crippen LogP contribution < -0.4 is 10.2 Å². The first-order chi connectivity index (χ1) is 9.31. The molecule has 1 N–H and O–H groups in total. The van der Waals surface area contributed by atoms with Crippen molar-refractivity contribution in [3.63, 3.8) is 0 Å². The minimum atomic E-state index is 0.773. The minimum Gasteiger partial charge on any atom is -0.345 e. The Morgan fingerprint density at radius 2 is 2.05 bits per heavy atom. The number of anilines is 1. The van der Waals surface area contributed by atoms with Gasteiger partial charge in [0.2, 0.25) is 0 Å². The van der Waals surface area contributed by atoms with Crippen molar-refractivity contribution in [1.82, 2.24) is 10.3 Å². The normalized spacial score (nSPS) is 18.8. The van der Waals surface area contributed by atoms with E-state index >= 15 is 0 Å². The van der Waals surface area contributed by atoms with E-state index < -0.39 is 0 Å². The highest BCUT2D eigenvalue weighted by molar-refractivity contribution is 7.15. The third-order valence-corrected chi connectivity index (χ3v) is 5.09. The molecule has 0 amide bonds. The summed E-state index contributed by atoms with van der Waals surface area (Å²) in [5.41, 5.74) is 1.34. The Bertz CT molecular complexity index is 421. The van der Waals surface area contributed by atoms with Crippen molar-refractivity contribution < 1.29 is 0 Å². The molecule has 0 spiro atoms. The number of rotatable bonds is 8. The summed E-state index contributed by atoms with van der Waals surface area (Å²) >= 11 is 1.92. The molecule has 3 nitrogen and oxygen atoms in total. The number of aryl methyl sites for hydroxylation is 1. The van der Waals surface area contributed by atoms with Gasteiger partial charge in [0.15, 0.2) is 5.13 Å². The molecule has 2 fully saturated rings. The molecule has 0 bridgehead atoms. The van der Waals surface area contributed by atoms with Gasteiger partial charge in [-0.15, -0.1) is 11.3 Å². The van der Waals surface area contributed by atoms with E-state index in [1.165, 1.54) is 47.8 Å². The largest absolute Gasteiger partial charge is 0.345 e. The summed E-state index contributed by atoms with van der Waals surface area (Å²) in [6.07, 6.45) is 7.74. The number of aromatic nitrogens is 1. The average Bonchev–Trinajstić information content (AvgIpc) is 3.29. The maximum atomic E-state index is 4.94. The van der Waals surface area contributed by atoms with E-state index in [0.29, 0.717) is 0 Å². The molecule has 1 heterocycles. The van der Waals surface area contributed by atoms with Gasteiger partial charge < -0.3 is 10.2 Å². The molecule has 2 aliphatic rings. The van der Waals surface area contributed by atoms with Crippen LogP contribution in [0.1, 0.15) is 56.5 Å². The second-order valence-corrected chi connectivity index (χ2v) is 6.85. The number of thiazole rings is 1. The van der Waals surface area contributed by atoms with E-state index in [0.717, 1.165) is 31.6 Å². The summed E-state index contributed by atoms with van der Waals surface area (Å²) in [4.78, 5) is 8.91. The first kappa shape index (κ1) is 13.4. The quantitative estimate of drug-likeness (QED) is 0.791. The average molecular weight is 279 g/mol. The third-order valence-electron chi connectivity index (χ3n) is 3.96. The highest BCUT2D eigenvalue weighted by Crippen LogP contribution is 2.35. The maximum absolute atomic E-state index is 4.94. The fourth-order valence-electron chi connectivity index (χ4n) is 2.52. The predicted molar refractivity (Wildman–Crippen MR) is 82.0 cm³/mol. The molecule has 0 radical (unpaired) electrons. The van der Waals surface area contributed by atoms with Crippen LogP contribution in [0, 0.1) is 0 Å². The van der Waals surface area contributed by atoms with Crippen LogP contribution >= 0.6 is 11.3 Å². The predicted octanol–water partition coefficient (Wildman–Crippen LogP) is 3.34. The second-order valence-electron chi connectivity index (χ2n) is 5.79. The molecule has 0 unspecified atom stereocenters. The van der Waals surface area contributed by atoms with Gasteiger partial charge in [0.25, 0.3) is 0 Å². The van der Waals surface area contributed by atoms with Gasteiger partial charge in [0, 0.05) is 30.1 Å². The van der Waals surface area contributed by atoms with Gasteiger partial charge in [-0.3, -0.25) is 0 Å². The minimum absolute atomic E-state index is 0.773. The van der Waals surface area contributed by atoms with Crippen molar-refractivity contribution in [3.05, 3.63) is 10.6 Å². The van der Waals surface area contributed by atoms with Gasteiger partial charge in [0.05, 0.1) is 5.69 Å². The fourth-order valence-corrected chi connectivity index (χ4v) is 3.72. The zero-order chi connectivity index (χ0) is 13.2. The molecule has 2 aliphatic carbocycles. The standard InChI is InChI=1S/C15H25N3S/c1-3-5-13-14(10-16-11-6-7-11)19-15(17-13)18(4-2)12-8-9-12/h11-12,16H,3-10H2,1-2H3. The van der Waals surface area contributed by atoms with Gasteiger partial charge in [-0.25, -0.2) is 4.98 Å². The van der Waals surface area contributed by atoms with Crippen LogP contribution in [0.3, 0.4) is 0 Å². The van der Waals surface area contributed by atoms with Crippen LogP contribution in [0.15, 0.2) is 0 Å².